The molecule has 2 heteroatoms. The molecule has 1 aliphatic rings. The number of piperidine rings is 1. The second-order valence-electron chi connectivity index (χ2n) is 6.81. The molecule has 1 saturated heterocycles. The lowest BCUT2D eigenvalue weighted by Crippen LogP contribution is -2.34. The molecule has 0 aromatic heterocycles. The number of likely N-dealkylation sites (tertiary alicyclic amines) is 1. The maximum Gasteiger partial charge on any atom is 0.0233 e. The van der Waals surface area contributed by atoms with E-state index in [-0.39, 0.29) is 0 Å². The van der Waals surface area contributed by atoms with Gasteiger partial charge in [-0.25, -0.2) is 0 Å². The van der Waals surface area contributed by atoms with Crippen LogP contribution in [0.3, 0.4) is 0 Å². The third-order valence-electron chi connectivity index (χ3n) is 4.38. The van der Waals surface area contributed by atoms with E-state index in [2.05, 4.69) is 55.9 Å². The fraction of sp³-hybridized carbons (Fsp3) is 0.667. The number of rotatable bonds is 5. The van der Waals surface area contributed by atoms with E-state index < -0.39 is 0 Å². The third kappa shape index (κ3) is 4.92. The molecule has 1 aliphatic heterocycles. The highest BCUT2D eigenvalue weighted by molar-refractivity contribution is 5.28. The van der Waals surface area contributed by atoms with Crippen LogP contribution in [0, 0.1) is 19.8 Å². The molecule has 0 unspecified atom stereocenters. The van der Waals surface area contributed by atoms with Gasteiger partial charge in [-0.3, -0.25) is 4.90 Å². The van der Waals surface area contributed by atoms with Gasteiger partial charge in [0.15, 0.2) is 0 Å². The Morgan fingerprint density at radius 1 is 1.05 bits per heavy atom. The molecule has 0 bridgehead atoms. The highest BCUT2D eigenvalue weighted by atomic mass is 15.1. The van der Waals surface area contributed by atoms with Gasteiger partial charge in [0, 0.05) is 6.54 Å². The lowest BCUT2D eigenvalue weighted by molar-refractivity contribution is 0.165. The maximum atomic E-state index is 2.63. The summed E-state index contributed by atoms with van der Waals surface area (Å²) in [4.78, 5) is 4.93. The molecule has 1 aromatic rings. The van der Waals surface area contributed by atoms with E-state index in [0.717, 1.165) is 12.5 Å². The van der Waals surface area contributed by atoms with E-state index in [1.807, 2.05) is 0 Å². The first kappa shape index (κ1) is 15.5. The van der Waals surface area contributed by atoms with Gasteiger partial charge in [0.2, 0.25) is 0 Å². The zero-order chi connectivity index (χ0) is 14.5. The molecular weight excluding hydrogens is 244 g/mol. The van der Waals surface area contributed by atoms with E-state index in [9.17, 15) is 0 Å². The predicted octanol–water partition coefficient (Wildman–Crippen LogP) is 3.47. The summed E-state index contributed by atoms with van der Waals surface area (Å²) in [7, 11) is 4.35. The lowest BCUT2D eigenvalue weighted by atomic mass is 9.93. The molecule has 112 valence electrons. The minimum atomic E-state index is 0.938. The maximum absolute atomic E-state index is 2.63. The minimum Gasteiger partial charge on any atom is -0.309 e. The van der Waals surface area contributed by atoms with Gasteiger partial charge in [-0.05, 0) is 78.3 Å². The Labute approximate surface area is 124 Å². The fourth-order valence-electron chi connectivity index (χ4n) is 3.29. The van der Waals surface area contributed by atoms with E-state index in [0.29, 0.717) is 0 Å². The number of aryl methyl sites for hydroxylation is 2. The number of benzene rings is 1. The summed E-state index contributed by atoms with van der Waals surface area (Å²) in [5.74, 6) is 0.938. The molecule has 0 radical (unpaired) electrons. The van der Waals surface area contributed by atoms with Crippen molar-refractivity contribution in [2.75, 3.05) is 33.7 Å². The Bertz CT molecular complexity index is 397. The second-order valence-corrected chi connectivity index (χ2v) is 6.81. The molecule has 0 atom stereocenters. The molecule has 0 N–H and O–H groups in total. The summed E-state index contributed by atoms with van der Waals surface area (Å²) in [5.41, 5.74) is 4.26. The van der Waals surface area contributed by atoms with Crippen molar-refractivity contribution in [3.8, 4) is 0 Å². The Hall–Kier alpha value is -0.860. The van der Waals surface area contributed by atoms with E-state index >= 15 is 0 Å². The summed E-state index contributed by atoms with van der Waals surface area (Å²) in [5, 5.41) is 0. The van der Waals surface area contributed by atoms with Crippen LogP contribution < -0.4 is 0 Å². The van der Waals surface area contributed by atoms with Crippen molar-refractivity contribution < 1.29 is 0 Å². The van der Waals surface area contributed by atoms with Gasteiger partial charge < -0.3 is 4.90 Å². The van der Waals surface area contributed by atoms with Gasteiger partial charge in [0.1, 0.15) is 0 Å². The molecule has 2 rings (SSSR count). The van der Waals surface area contributed by atoms with Crippen molar-refractivity contribution in [2.24, 2.45) is 5.92 Å². The Morgan fingerprint density at radius 2 is 1.65 bits per heavy atom. The summed E-state index contributed by atoms with van der Waals surface area (Å²) in [6.45, 7) is 9.30. The van der Waals surface area contributed by atoms with Gasteiger partial charge in [-0.15, -0.1) is 0 Å². The Kier molecular flexibility index (Phi) is 5.62. The predicted molar refractivity (Wildman–Crippen MR) is 87.1 cm³/mol. The van der Waals surface area contributed by atoms with Crippen LogP contribution in [0.5, 0.6) is 0 Å². The minimum absolute atomic E-state index is 0.938. The molecule has 0 aliphatic carbocycles. The molecule has 0 saturated carbocycles. The summed E-state index contributed by atoms with van der Waals surface area (Å²) >= 11 is 0. The molecule has 20 heavy (non-hydrogen) atoms. The first-order valence-corrected chi connectivity index (χ1v) is 7.97. The van der Waals surface area contributed by atoms with Crippen molar-refractivity contribution in [3.63, 3.8) is 0 Å². The average Bonchev–Trinajstić information content (AvgIpc) is 2.36. The van der Waals surface area contributed by atoms with E-state index in [1.54, 1.807) is 0 Å². The topological polar surface area (TPSA) is 6.48 Å². The van der Waals surface area contributed by atoms with Crippen molar-refractivity contribution in [2.45, 2.75) is 39.7 Å². The van der Waals surface area contributed by atoms with Crippen LogP contribution in [0.15, 0.2) is 18.2 Å². The Morgan fingerprint density at radius 3 is 2.20 bits per heavy atom. The first-order valence-electron chi connectivity index (χ1n) is 7.97. The van der Waals surface area contributed by atoms with E-state index in [4.69, 9.17) is 0 Å². The number of hydrogen-bond donors (Lipinski definition) is 0. The lowest BCUT2D eigenvalue weighted by Gasteiger charge is -2.32. The highest BCUT2D eigenvalue weighted by Crippen LogP contribution is 2.22. The van der Waals surface area contributed by atoms with Crippen LogP contribution in [0.4, 0.5) is 0 Å². The SMILES string of the molecule is Cc1cc(C)cc(CN2CCC(CCN(C)C)CC2)c1. The zero-order valence-corrected chi connectivity index (χ0v) is 13.7. The molecule has 0 amide bonds. The molecule has 0 spiro atoms. The molecule has 1 fully saturated rings. The van der Waals surface area contributed by atoms with Gasteiger partial charge in [0.05, 0.1) is 0 Å². The fourth-order valence-corrected chi connectivity index (χ4v) is 3.29. The van der Waals surface area contributed by atoms with E-state index in [1.165, 1.54) is 55.6 Å². The third-order valence-corrected chi connectivity index (χ3v) is 4.38. The summed E-state index contributed by atoms with van der Waals surface area (Å²) < 4.78 is 0. The zero-order valence-electron chi connectivity index (χ0n) is 13.7. The number of nitrogens with zero attached hydrogens (tertiary/aromatic N) is 2. The summed E-state index contributed by atoms with van der Waals surface area (Å²) in [6, 6.07) is 6.94. The molecule has 2 nitrogen and oxygen atoms in total. The van der Waals surface area contributed by atoms with Gasteiger partial charge in [-0.2, -0.15) is 0 Å². The van der Waals surface area contributed by atoms with Crippen molar-refractivity contribution in [1.29, 1.82) is 0 Å². The molecule has 1 heterocycles. The van der Waals surface area contributed by atoms with Crippen LogP contribution >= 0.6 is 0 Å². The van der Waals surface area contributed by atoms with Gasteiger partial charge in [-0.1, -0.05) is 29.3 Å². The number of hydrogen-bond acceptors (Lipinski definition) is 2. The average molecular weight is 274 g/mol. The molecular formula is C18H30N2. The van der Waals surface area contributed by atoms with Gasteiger partial charge in [0.25, 0.3) is 0 Å². The highest BCUT2D eigenvalue weighted by Gasteiger charge is 2.19. The Balaban J connectivity index is 1.79. The van der Waals surface area contributed by atoms with Crippen molar-refractivity contribution >= 4 is 0 Å². The normalized spacial score (nSPS) is 17.9. The van der Waals surface area contributed by atoms with Crippen LogP contribution in [0.25, 0.3) is 0 Å². The largest absolute Gasteiger partial charge is 0.309 e. The smallest absolute Gasteiger partial charge is 0.0233 e. The second kappa shape index (κ2) is 7.24. The van der Waals surface area contributed by atoms with Crippen molar-refractivity contribution in [1.82, 2.24) is 9.80 Å². The van der Waals surface area contributed by atoms with Crippen LogP contribution in [0.2, 0.25) is 0 Å². The monoisotopic (exact) mass is 274 g/mol. The van der Waals surface area contributed by atoms with Crippen LogP contribution in [0.1, 0.15) is 36.0 Å². The molecule has 1 aromatic carbocycles. The standard InChI is InChI=1S/C18H30N2/c1-15-11-16(2)13-18(12-15)14-20-9-6-17(7-10-20)5-8-19(3)4/h11-13,17H,5-10,14H2,1-4H3. The quantitative estimate of drug-likeness (QED) is 0.811. The first-order chi connectivity index (χ1) is 9.52. The van der Waals surface area contributed by atoms with Gasteiger partial charge >= 0.3 is 0 Å². The van der Waals surface area contributed by atoms with Crippen molar-refractivity contribution in [3.05, 3.63) is 34.9 Å². The van der Waals surface area contributed by atoms with Crippen LogP contribution in [-0.2, 0) is 6.54 Å². The summed E-state index contributed by atoms with van der Waals surface area (Å²) in [6.07, 6.45) is 4.11. The van der Waals surface area contributed by atoms with Crippen LogP contribution in [-0.4, -0.2) is 43.5 Å².